The van der Waals surface area contributed by atoms with Crippen LogP contribution >= 0.6 is 0 Å². The van der Waals surface area contributed by atoms with Crippen LogP contribution in [0.5, 0.6) is 0 Å². The van der Waals surface area contributed by atoms with E-state index < -0.39 is 0 Å². The second kappa shape index (κ2) is 6.70. The minimum Gasteiger partial charge on any atom is -0.345 e. The number of hydrogen-bond donors (Lipinski definition) is 0. The van der Waals surface area contributed by atoms with Crippen LogP contribution in [0.4, 0.5) is 11.4 Å². The molecule has 0 heterocycles. The van der Waals surface area contributed by atoms with Crippen LogP contribution in [0.15, 0.2) is 121 Å². The predicted octanol–water partition coefficient (Wildman–Crippen LogP) is 7.80. The van der Waals surface area contributed by atoms with Gasteiger partial charge in [-0.05, 0) is 68.8 Å². The van der Waals surface area contributed by atoms with Crippen molar-refractivity contribution in [2.75, 3.05) is 11.9 Å². The van der Waals surface area contributed by atoms with E-state index in [0.717, 1.165) is 11.4 Å². The first-order valence-electron chi connectivity index (χ1n) is 11.9. The van der Waals surface area contributed by atoms with Crippen LogP contribution in [0.3, 0.4) is 0 Å². The smallest absolute Gasteiger partial charge is 0.0726 e. The maximum atomic E-state index is 7.84. The van der Waals surface area contributed by atoms with Gasteiger partial charge in [-0.2, -0.15) is 0 Å². The standard InChI is InChI=1S/C32H23N/c1-33(22-11-3-2-4-12-22)23-19-20-27-26-15-7-10-18-30(26)32(31(27)21-23)28-16-8-5-13-24(28)25-14-6-9-17-29(25)32/h2-21H,1H3/i2D. The van der Waals surface area contributed by atoms with Gasteiger partial charge >= 0.3 is 0 Å². The second-order valence-electron chi connectivity index (χ2n) is 8.93. The molecule has 1 heteroatoms. The highest BCUT2D eigenvalue weighted by Gasteiger charge is 2.51. The van der Waals surface area contributed by atoms with Gasteiger partial charge in [-0.15, -0.1) is 0 Å². The highest BCUT2D eigenvalue weighted by Crippen LogP contribution is 2.63. The van der Waals surface area contributed by atoms with Crippen LogP contribution in [0.1, 0.15) is 23.6 Å². The van der Waals surface area contributed by atoms with E-state index >= 15 is 0 Å². The summed E-state index contributed by atoms with van der Waals surface area (Å²) in [6.45, 7) is 0. The molecule has 2 aliphatic carbocycles. The Kier molecular flexibility index (Phi) is 3.54. The maximum Gasteiger partial charge on any atom is 0.0726 e. The predicted molar refractivity (Wildman–Crippen MR) is 137 cm³/mol. The van der Waals surface area contributed by atoms with E-state index in [1.165, 1.54) is 44.5 Å². The van der Waals surface area contributed by atoms with Crippen molar-refractivity contribution >= 4 is 11.4 Å². The van der Waals surface area contributed by atoms with E-state index in [2.05, 4.69) is 103 Å². The molecule has 2 aliphatic rings. The molecule has 156 valence electrons. The van der Waals surface area contributed by atoms with E-state index in [1.807, 2.05) is 24.3 Å². The van der Waals surface area contributed by atoms with Gasteiger partial charge in [0.25, 0.3) is 0 Å². The molecule has 5 aromatic carbocycles. The van der Waals surface area contributed by atoms with E-state index in [9.17, 15) is 0 Å². The summed E-state index contributed by atoms with van der Waals surface area (Å²) >= 11 is 0. The normalized spacial score (nSPS) is 14.3. The molecule has 5 aromatic rings. The lowest BCUT2D eigenvalue weighted by Crippen LogP contribution is -2.26. The van der Waals surface area contributed by atoms with Gasteiger partial charge in [0.1, 0.15) is 0 Å². The van der Waals surface area contributed by atoms with Crippen LogP contribution < -0.4 is 4.90 Å². The minimum absolute atomic E-state index is 0.318. The Hall–Kier alpha value is -4.10. The Labute approximate surface area is 196 Å². The lowest BCUT2D eigenvalue weighted by molar-refractivity contribution is 0.793. The molecular formula is C32H23N. The molecule has 7 rings (SSSR count). The van der Waals surface area contributed by atoms with Crippen LogP contribution in [-0.4, -0.2) is 7.05 Å². The first kappa shape index (κ1) is 17.5. The Morgan fingerprint density at radius 1 is 0.515 bits per heavy atom. The van der Waals surface area contributed by atoms with Crippen molar-refractivity contribution in [2.24, 2.45) is 0 Å². The van der Waals surface area contributed by atoms with Gasteiger partial charge < -0.3 is 4.90 Å². The van der Waals surface area contributed by atoms with Gasteiger partial charge in [0.2, 0.25) is 0 Å². The molecule has 0 saturated heterocycles. The van der Waals surface area contributed by atoms with Gasteiger partial charge in [0.15, 0.2) is 0 Å². The Morgan fingerprint density at radius 3 is 1.55 bits per heavy atom. The quantitative estimate of drug-likeness (QED) is 0.275. The number of para-hydroxylation sites is 1. The van der Waals surface area contributed by atoms with Crippen LogP contribution in [-0.2, 0) is 5.41 Å². The molecule has 1 nitrogen and oxygen atoms in total. The summed E-state index contributed by atoms with van der Waals surface area (Å²) in [6, 6.07) is 41.8. The lowest BCUT2D eigenvalue weighted by atomic mass is 9.70. The van der Waals surface area contributed by atoms with Crippen molar-refractivity contribution in [1.82, 2.24) is 0 Å². The number of nitrogens with zero attached hydrogens (tertiary/aromatic N) is 1. The van der Waals surface area contributed by atoms with Gasteiger partial charge in [0, 0.05) is 18.4 Å². The zero-order chi connectivity index (χ0) is 22.9. The van der Waals surface area contributed by atoms with Crippen molar-refractivity contribution in [3.05, 3.63) is 144 Å². The fourth-order valence-electron chi connectivity index (χ4n) is 6.04. The molecule has 0 aromatic heterocycles. The molecule has 1 spiro atoms. The summed E-state index contributed by atoms with van der Waals surface area (Å²) in [5.74, 6) is 0. The van der Waals surface area contributed by atoms with Gasteiger partial charge in [0.05, 0.1) is 6.79 Å². The van der Waals surface area contributed by atoms with Crippen molar-refractivity contribution in [1.29, 1.82) is 0 Å². The van der Waals surface area contributed by atoms with Crippen molar-refractivity contribution in [2.45, 2.75) is 5.41 Å². The monoisotopic (exact) mass is 422 g/mol. The zero-order valence-electron chi connectivity index (χ0n) is 19.4. The van der Waals surface area contributed by atoms with E-state index in [4.69, 9.17) is 1.37 Å². The molecule has 0 fully saturated rings. The van der Waals surface area contributed by atoms with Gasteiger partial charge in [-0.3, -0.25) is 0 Å². The number of fused-ring (bicyclic) bond motifs is 10. The molecule has 0 aliphatic heterocycles. The van der Waals surface area contributed by atoms with Gasteiger partial charge in [-0.25, -0.2) is 0 Å². The summed E-state index contributed by atoms with van der Waals surface area (Å²) in [5.41, 5.74) is 12.6. The molecular weight excluding hydrogens is 398 g/mol. The van der Waals surface area contributed by atoms with E-state index in [0.29, 0.717) is 6.04 Å². The number of benzene rings is 5. The third kappa shape index (κ3) is 2.32. The third-order valence-corrected chi connectivity index (χ3v) is 7.46. The molecule has 0 radical (unpaired) electrons. The fourth-order valence-corrected chi connectivity index (χ4v) is 6.04. The molecule has 0 saturated carbocycles. The summed E-state index contributed by atoms with van der Waals surface area (Å²) in [5, 5.41) is 0. The average molecular weight is 423 g/mol. The molecule has 33 heavy (non-hydrogen) atoms. The molecule has 0 amide bonds. The zero-order valence-corrected chi connectivity index (χ0v) is 18.4. The van der Waals surface area contributed by atoms with Crippen molar-refractivity contribution in [3.8, 4) is 22.3 Å². The Morgan fingerprint density at radius 2 is 1.00 bits per heavy atom. The summed E-state index contributed by atoms with van der Waals surface area (Å²) in [7, 11) is 2.10. The summed E-state index contributed by atoms with van der Waals surface area (Å²) in [4.78, 5) is 2.21. The first-order valence-corrected chi connectivity index (χ1v) is 11.4. The molecule has 0 atom stereocenters. The summed E-state index contributed by atoms with van der Waals surface area (Å²) in [6.07, 6.45) is 0. The topological polar surface area (TPSA) is 3.24 Å². The SMILES string of the molecule is [2H]c1ccc(N(C)c2ccc3c(c2)C2(c4ccccc4-c4ccccc42)c2ccccc2-3)cc1. The maximum absolute atomic E-state index is 7.84. The van der Waals surface area contributed by atoms with Crippen LogP contribution in [0.25, 0.3) is 22.3 Å². The molecule has 0 N–H and O–H groups in total. The van der Waals surface area contributed by atoms with Crippen molar-refractivity contribution < 1.29 is 1.37 Å². The Balaban J connectivity index is 1.54. The van der Waals surface area contributed by atoms with Crippen LogP contribution in [0.2, 0.25) is 0 Å². The Bertz CT molecular complexity index is 1520. The van der Waals surface area contributed by atoms with E-state index in [-0.39, 0.29) is 5.41 Å². The largest absolute Gasteiger partial charge is 0.345 e. The number of hydrogen-bond acceptors (Lipinski definition) is 1. The minimum atomic E-state index is -0.318. The summed E-state index contributed by atoms with van der Waals surface area (Å²) < 4.78 is 7.84. The number of rotatable bonds is 2. The first-order chi connectivity index (χ1) is 16.7. The lowest BCUT2D eigenvalue weighted by Gasteiger charge is -2.31. The van der Waals surface area contributed by atoms with Gasteiger partial charge in [-0.1, -0.05) is 97.0 Å². The highest BCUT2D eigenvalue weighted by atomic mass is 15.1. The third-order valence-electron chi connectivity index (χ3n) is 7.46. The average Bonchev–Trinajstić information content (AvgIpc) is 3.36. The van der Waals surface area contributed by atoms with Crippen molar-refractivity contribution in [3.63, 3.8) is 0 Å². The van der Waals surface area contributed by atoms with Crippen LogP contribution in [0, 0.1) is 0 Å². The highest BCUT2D eigenvalue weighted by molar-refractivity contribution is 5.95. The molecule has 0 bridgehead atoms. The number of anilines is 2. The molecule has 0 unspecified atom stereocenters. The van der Waals surface area contributed by atoms with E-state index in [1.54, 1.807) is 0 Å². The fraction of sp³-hybridized carbons (Fsp3) is 0.0625. The second-order valence-corrected chi connectivity index (χ2v) is 8.93.